The predicted octanol–water partition coefficient (Wildman–Crippen LogP) is 1.86. The van der Waals surface area contributed by atoms with Gasteiger partial charge in [0.2, 0.25) is 5.43 Å². The van der Waals surface area contributed by atoms with Crippen LogP contribution in [0.1, 0.15) is 22.8 Å². The normalized spacial score (nSPS) is 26.2. The highest BCUT2D eigenvalue weighted by atomic mass is 19.1. The van der Waals surface area contributed by atoms with Crippen molar-refractivity contribution in [2.75, 3.05) is 31.8 Å². The Labute approximate surface area is 163 Å². The van der Waals surface area contributed by atoms with Gasteiger partial charge in [-0.25, -0.2) is 13.6 Å². The largest absolute Gasteiger partial charge is 0.492 e. The number of ether oxygens (including phenoxy) is 1. The number of hydrogen-bond acceptors (Lipinski definition) is 5. The van der Waals surface area contributed by atoms with E-state index >= 15 is 4.39 Å². The molecule has 1 aromatic heterocycles. The molecule has 10 heteroatoms. The van der Waals surface area contributed by atoms with E-state index in [1.165, 1.54) is 11.7 Å². The van der Waals surface area contributed by atoms with Gasteiger partial charge in [-0.1, -0.05) is 0 Å². The lowest BCUT2D eigenvalue weighted by molar-refractivity contribution is 0.0694. The maximum Gasteiger partial charge on any atom is 0.341 e. The van der Waals surface area contributed by atoms with Crippen molar-refractivity contribution in [1.29, 1.82) is 0 Å². The average molecular weight is 411 g/mol. The van der Waals surface area contributed by atoms with Crippen LogP contribution in [0.3, 0.4) is 0 Å². The number of pyridine rings is 1. The number of hydrogen-bond donors (Lipinski definition) is 2. The van der Waals surface area contributed by atoms with Crippen LogP contribution in [-0.2, 0) is 0 Å². The fourth-order valence-electron chi connectivity index (χ4n) is 4.03. The van der Waals surface area contributed by atoms with Crippen LogP contribution >= 0.6 is 0 Å². The Morgan fingerprint density at radius 1 is 1.41 bits per heavy atom. The number of fused-ring (bicyclic) bond motifs is 1. The predicted molar refractivity (Wildman–Crippen MR) is 99.9 cm³/mol. The van der Waals surface area contributed by atoms with E-state index in [-0.39, 0.29) is 41.9 Å². The summed E-state index contributed by atoms with van der Waals surface area (Å²) in [6, 6.07) is -0.250. The fourth-order valence-corrected chi connectivity index (χ4v) is 4.03. The summed E-state index contributed by atoms with van der Waals surface area (Å²) in [7, 11) is 1.28. The van der Waals surface area contributed by atoms with Crippen molar-refractivity contribution in [2.24, 2.45) is 11.7 Å². The van der Waals surface area contributed by atoms with Gasteiger partial charge in [0.05, 0.1) is 30.7 Å². The minimum absolute atomic E-state index is 0.00122. The third kappa shape index (κ3) is 3.02. The lowest BCUT2D eigenvalue weighted by Crippen LogP contribution is -2.30. The highest BCUT2D eigenvalue weighted by molar-refractivity contribution is 5.97. The molecule has 1 aliphatic heterocycles. The molecule has 2 fully saturated rings. The van der Waals surface area contributed by atoms with Gasteiger partial charge in [0, 0.05) is 37.7 Å². The van der Waals surface area contributed by atoms with Gasteiger partial charge in [-0.2, -0.15) is 0 Å². The molecule has 2 aliphatic rings. The molecule has 1 saturated carbocycles. The maximum absolute atomic E-state index is 15.1. The van der Waals surface area contributed by atoms with Crippen LogP contribution in [0.5, 0.6) is 5.75 Å². The molecule has 0 bridgehead atoms. The van der Waals surface area contributed by atoms with Crippen molar-refractivity contribution in [3.05, 3.63) is 33.9 Å². The molecule has 29 heavy (non-hydrogen) atoms. The van der Waals surface area contributed by atoms with Gasteiger partial charge in [-0.3, -0.25) is 9.18 Å². The van der Waals surface area contributed by atoms with E-state index < -0.39 is 53.6 Å². The molecule has 3 N–H and O–H groups in total. The van der Waals surface area contributed by atoms with Crippen LogP contribution in [-0.4, -0.2) is 54.7 Å². The number of carboxylic acids is 1. The summed E-state index contributed by atoms with van der Waals surface area (Å²) in [5.41, 5.74) is 4.59. The first kappa shape index (κ1) is 19.6. The summed E-state index contributed by atoms with van der Waals surface area (Å²) in [6.45, 7) is -0.323. The molecule has 2 heterocycles. The summed E-state index contributed by atoms with van der Waals surface area (Å²) in [4.78, 5) is 25.7. The van der Waals surface area contributed by atoms with E-state index in [0.717, 1.165) is 12.3 Å². The molecule has 7 nitrogen and oxygen atoms in total. The summed E-state index contributed by atoms with van der Waals surface area (Å²) in [6.07, 6.45) is 0.00382. The zero-order chi connectivity index (χ0) is 21.0. The number of nitrogens with two attached hydrogens (primary N) is 1. The molecule has 2 unspecified atom stereocenters. The number of anilines is 1. The van der Waals surface area contributed by atoms with Crippen LogP contribution in [0.2, 0.25) is 0 Å². The Morgan fingerprint density at radius 3 is 2.62 bits per heavy atom. The minimum Gasteiger partial charge on any atom is -0.492 e. The standard InChI is InChI=1S/C19H20F3N3O4/c1-29-18-15-9(2-12(22)16(18)24-5-8(4-20)13(23)7-24)17(26)10(19(27)28)6-25(15)14-3-11(14)21/h2,6,8,11,13-14H,3-5,7,23H2,1H3,(H,27,28)/t8?,11-,13?,14-/m1/s1. The molecule has 4 atom stereocenters. The van der Waals surface area contributed by atoms with E-state index in [0.29, 0.717) is 0 Å². The number of carbonyl (C=O) groups is 1. The molecule has 0 spiro atoms. The molecule has 156 valence electrons. The Bertz CT molecular complexity index is 1060. The van der Waals surface area contributed by atoms with E-state index in [4.69, 9.17) is 10.5 Å². The summed E-state index contributed by atoms with van der Waals surface area (Å²) in [5, 5.41) is 9.12. The second kappa shape index (κ2) is 6.94. The number of methoxy groups -OCH3 is 1. The topological polar surface area (TPSA) is 97.8 Å². The lowest BCUT2D eigenvalue weighted by atomic mass is 10.1. The van der Waals surface area contributed by atoms with Gasteiger partial charge in [-0.15, -0.1) is 0 Å². The van der Waals surface area contributed by atoms with Crippen LogP contribution < -0.4 is 20.8 Å². The summed E-state index contributed by atoms with van der Waals surface area (Å²) in [5.74, 6) is -2.81. The number of nitrogens with zero attached hydrogens (tertiary/aromatic N) is 2. The smallest absolute Gasteiger partial charge is 0.341 e. The number of aromatic carboxylic acids is 1. The highest BCUT2D eigenvalue weighted by Gasteiger charge is 2.42. The van der Waals surface area contributed by atoms with Gasteiger partial charge >= 0.3 is 5.97 Å². The number of alkyl halides is 2. The monoisotopic (exact) mass is 411 g/mol. The van der Waals surface area contributed by atoms with Crippen LogP contribution in [0, 0.1) is 11.7 Å². The molecule has 4 rings (SSSR count). The minimum atomic E-state index is -1.48. The average Bonchev–Trinajstić information content (AvgIpc) is 3.28. The third-order valence-electron chi connectivity index (χ3n) is 5.68. The molecular formula is C19H20F3N3O4. The van der Waals surface area contributed by atoms with E-state index in [9.17, 15) is 23.5 Å². The Morgan fingerprint density at radius 2 is 2.10 bits per heavy atom. The first-order valence-corrected chi connectivity index (χ1v) is 9.17. The van der Waals surface area contributed by atoms with Crippen molar-refractivity contribution in [2.45, 2.75) is 24.7 Å². The van der Waals surface area contributed by atoms with Crippen molar-refractivity contribution in [1.82, 2.24) is 4.57 Å². The summed E-state index contributed by atoms with van der Waals surface area (Å²) < 4.78 is 48.9. The SMILES string of the molecule is COc1c(N2CC(N)C(CF)C2)c(F)cc2c(=O)c(C(=O)O)cn([C@@H]3C[C@H]3F)c12. The van der Waals surface area contributed by atoms with Crippen LogP contribution in [0.15, 0.2) is 17.1 Å². The van der Waals surface area contributed by atoms with Crippen LogP contribution in [0.4, 0.5) is 18.9 Å². The van der Waals surface area contributed by atoms with Gasteiger partial charge in [0.1, 0.15) is 17.4 Å². The number of benzene rings is 1. The zero-order valence-electron chi connectivity index (χ0n) is 15.6. The molecule has 0 amide bonds. The van der Waals surface area contributed by atoms with E-state index in [1.807, 2.05) is 0 Å². The fraction of sp³-hybridized carbons (Fsp3) is 0.474. The second-order valence-corrected chi connectivity index (χ2v) is 7.52. The number of halogens is 3. The van der Waals surface area contributed by atoms with Crippen LogP contribution in [0.25, 0.3) is 10.9 Å². The summed E-state index contributed by atoms with van der Waals surface area (Å²) >= 11 is 0. The van der Waals surface area contributed by atoms with Crippen molar-refractivity contribution in [3.8, 4) is 5.75 Å². The molecule has 1 aromatic carbocycles. The first-order chi connectivity index (χ1) is 13.8. The maximum atomic E-state index is 15.1. The number of carboxylic acid groups (broad SMARTS) is 1. The van der Waals surface area contributed by atoms with Gasteiger partial charge in [0.25, 0.3) is 0 Å². The van der Waals surface area contributed by atoms with Gasteiger partial charge < -0.3 is 25.0 Å². The van der Waals surface area contributed by atoms with Gasteiger partial charge in [-0.05, 0) is 6.07 Å². The Balaban J connectivity index is 2.01. The Hall–Kier alpha value is -2.75. The molecular weight excluding hydrogens is 391 g/mol. The van der Waals surface area contributed by atoms with Crippen molar-refractivity contribution in [3.63, 3.8) is 0 Å². The number of rotatable bonds is 5. The zero-order valence-corrected chi connectivity index (χ0v) is 15.6. The lowest BCUT2D eigenvalue weighted by Gasteiger charge is -2.24. The second-order valence-electron chi connectivity index (χ2n) is 7.52. The van der Waals surface area contributed by atoms with E-state index in [1.54, 1.807) is 4.90 Å². The van der Waals surface area contributed by atoms with Crippen molar-refractivity contribution < 1.29 is 27.8 Å². The number of aromatic nitrogens is 1. The van der Waals surface area contributed by atoms with E-state index in [2.05, 4.69) is 0 Å². The van der Waals surface area contributed by atoms with Gasteiger partial charge in [0.15, 0.2) is 11.6 Å². The third-order valence-corrected chi connectivity index (χ3v) is 5.68. The molecule has 1 saturated heterocycles. The molecule has 0 radical (unpaired) electrons. The quantitative estimate of drug-likeness (QED) is 0.780. The highest BCUT2D eigenvalue weighted by Crippen LogP contribution is 2.45. The first-order valence-electron chi connectivity index (χ1n) is 9.17. The van der Waals surface area contributed by atoms with Crippen molar-refractivity contribution >= 4 is 22.6 Å². The molecule has 1 aliphatic carbocycles. The molecule has 2 aromatic rings. The Kier molecular flexibility index (Phi) is 4.68.